The molecule has 0 bridgehead atoms. The van der Waals surface area contributed by atoms with Gasteiger partial charge in [0.25, 0.3) is 0 Å². The Balaban J connectivity index is 2.06. The highest BCUT2D eigenvalue weighted by atomic mass is 35.5. The van der Waals surface area contributed by atoms with Gasteiger partial charge in [-0.15, -0.1) is 0 Å². The van der Waals surface area contributed by atoms with E-state index in [0.717, 1.165) is 22.6 Å². The molecule has 1 aliphatic rings. The summed E-state index contributed by atoms with van der Waals surface area (Å²) < 4.78 is 0. The molecule has 0 fully saturated rings. The van der Waals surface area contributed by atoms with Crippen molar-refractivity contribution in [3.63, 3.8) is 0 Å². The highest BCUT2D eigenvalue weighted by molar-refractivity contribution is 6.32. The van der Waals surface area contributed by atoms with Gasteiger partial charge in [-0.05, 0) is 17.2 Å². The Morgan fingerprint density at radius 1 is 1.06 bits per heavy atom. The van der Waals surface area contributed by atoms with Crippen LogP contribution in [0.1, 0.15) is 22.7 Å². The number of benzene rings is 2. The highest BCUT2D eigenvalue weighted by Gasteiger charge is 2.22. The number of aliphatic imine (C=N–C) groups is 1. The van der Waals surface area contributed by atoms with Crippen LogP contribution in [-0.4, -0.2) is 5.84 Å². The molecule has 1 heterocycles. The summed E-state index contributed by atoms with van der Waals surface area (Å²) in [5, 5.41) is 0.770. The van der Waals surface area contributed by atoms with Crippen LogP contribution in [0.25, 0.3) is 0 Å². The average Bonchev–Trinajstić information content (AvgIpc) is 2.41. The fourth-order valence-corrected chi connectivity index (χ4v) is 2.60. The predicted octanol–water partition coefficient (Wildman–Crippen LogP) is 3.34. The van der Waals surface area contributed by atoms with Crippen molar-refractivity contribution in [3.05, 3.63) is 70.2 Å². The van der Waals surface area contributed by atoms with E-state index >= 15 is 0 Å². The standard InChI is InChI=1S/C15H13ClN2/c16-13-8-4-7-11-12(13)9-14(18-15(11)17)10-5-2-1-3-6-10/h1-8,14H,9H2,(H2,17,18). The van der Waals surface area contributed by atoms with Crippen LogP contribution in [0.5, 0.6) is 0 Å². The molecule has 0 radical (unpaired) electrons. The first-order valence-corrected chi connectivity index (χ1v) is 6.29. The van der Waals surface area contributed by atoms with E-state index in [0.29, 0.717) is 5.84 Å². The highest BCUT2D eigenvalue weighted by Crippen LogP contribution is 2.32. The first-order chi connectivity index (χ1) is 8.75. The van der Waals surface area contributed by atoms with Crippen LogP contribution in [0.15, 0.2) is 53.5 Å². The Morgan fingerprint density at radius 3 is 2.61 bits per heavy atom. The van der Waals surface area contributed by atoms with Crippen molar-refractivity contribution in [1.82, 2.24) is 0 Å². The average molecular weight is 257 g/mol. The predicted molar refractivity (Wildman–Crippen MR) is 75.1 cm³/mol. The molecule has 3 rings (SSSR count). The third-order valence-corrected chi connectivity index (χ3v) is 3.63. The number of hydrogen-bond acceptors (Lipinski definition) is 2. The van der Waals surface area contributed by atoms with Crippen molar-refractivity contribution in [2.24, 2.45) is 10.7 Å². The Bertz CT molecular complexity index is 605. The van der Waals surface area contributed by atoms with Gasteiger partial charge in [0.05, 0.1) is 6.04 Å². The van der Waals surface area contributed by atoms with E-state index < -0.39 is 0 Å². The number of hydrogen-bond donors (Lipinski definition) is 1. The largest absolute Gasteiger partial charge is 0.383 e. The zero-order chi connectivity index (χ0) is 12.5. The van der Waals surface area contributed by atoms with E-state index in [1.165, 1.54) is 5.56 Å². The molecular formula is C15H13ClN2. The molecule has 0 aromatic heterocycles. The molecule has 0 saturated carbocycles. The number of rotatable bonds is 1. The van der Waals surface area contributed by atoms with Gasteiger partial charge in [-0.3, -0.25) is 4.99 Å². The van der Waals surface area contributed by atoms with Crippen molar-refractivity contribution < 1.29 is 0 Å². The lowest BCUT2D eigenvalue weighted by molar-refractivity contribution is 0.710. The van der Waals surface area contributed by atoms with Gasteiger partial charge in [0, 0.05) is 17.0 Å². The lowest BCUT2D eigenvalue weighted by Gasteiger charge is -2.22. The zero-order valence-corrected chi connectivity index (χ0v) is 10.6. The summed E-state index contributed by atoms with van der Waals surface area (Å²) in [6.07, 6.45) is 0.805. The molecule has 1 atom stereocenters. The molecule has 1 unspecified atom stereocenters. The minimum atomic E-state index is 0.0681. The molecule has 1 aliphatic heterocycles. The van der Waals surface area contributed by atoms with Crippen LogP contribution in [0, 0.1) is 0 Å². The Hall–Kier alpha value is -1.80. The van der Waals surface area contributed by atoms with Crippen LogP contribution in [0.3, 0.4) is 0 Å². The molecule has 0 amide bonds. The minimum Gasteiger partial charge on any atom is -0.383 e. The molecule has 2 nitrogen and oxygen atoms in total. The van der Waals surface area contributed by atoms with Gasteiger partial charge >= 0.3 is 0 Å². The number of nitrogens with zero attached hydrogens (tertiary/aromatic N) is 1. The second-order valence-corrected chi connectivity index (χ2v) is 4.82. The Labute approximate surface area is 111 Å². The van der Waals surface area contributed by atoms with Crippen LogP contribution in [-0.2, 0) is 6.42 Å². The van der Waals surface area contributed by atoms with Gasteiger partial charge in [0.15, 0.2) is 0 Å². The summed E-state index contributed by atoms with van der Waals surface area (Å²) >= 11 is 6.25. The van der Waals surface area contributed by atoms with Gasteiger partial charge in [-0.1, -0.05) is 54.1 Å². The molecule has 2 aromatic carbocycles. The van der Waals surface area contributed by atoms with E-state index in [1.807, 2.05) is 36.4 Å². The van der Waals surface area contributed by atoms with Crippen molar-refractivity contribution >= 4 is 17.4 Å². The maximum atomic E-state index is 6.25. The lowest BCUT2D eigenvalue weighted by Crippen LogP contribution is -2.23. The molecule has 2 aromatic rings. The number of nitrogens with two attached hydrogens (primary N) is 1. The summed E-state index contributed by atoms with van der Waals surface area (Å²) in [6, 6.07) is 16.0. The fourth-order valence-electron chi connectivity index (χ4n) is 2.35. The summed E-state index contributed by atoms with van der Waals surface area (Å²) in [7, 11) is 0. The van der Waals surface area contributed by atoms with Crippen LogP contribution in [0.2, 0.25) is 5.02 Å². The van der Waals surface area contributed by atoms with E-state index in [2.05, 4.69) is 17.1 Å². The van der Waals surface area contributed by atoms with E-state index in [-0.39, 0.29) is 6.04 Å². The van der Waals surface area contributed by atoms with Gasteiger partial charge < -0.3 is 5.73 Å². The molecule has 3 heteroatoms. The van der Waals surface area contributed by atoms with Crippen molar-refractivity contribution in [2.75, 3.05) is 0 Å². The summed E-state index contributed by atoms with van der Waals surface area (Å²) in [4.78, 5) is 4.57. The number of fused-ring (bicyclic) bond motifs is 1. The second-order valence-electron chi connectivity index (χ2n) is 4.41. The van der Waals surface area contributed by atoms with Gasteiger partial charge in [0.1, 0.15) is 5.84 Å². The molecule has 0 spiro atoms. The van der Waals surface area contributed by atoms with Crippen molar-refractivity contribution in [3.8, 4) is 0 Å². The van der Waals surface area contributed by atoms with E-state index in [9.17, 15) is 0 Å². The topological polar surface area (TPSA) is 38.4 Å². The first-order valence-electron chi connectivity index (χ1n) is 5.91. The number of amidine groups is 1. The van der Waals surface area contributed by atoms with E-state index in [1.54, 1.807) is 0 Å². The third kappa shape index (κ3) is 1.89. The Kier molecular flexibility index (Phi) is 2.80. The van der Waals surface area contributed by atoms with Gasteiger partial charge in [0.2, 0.25) is 0 Å². The fraction of sp³-hybridized carbons (Fsp3) is 0.133. The summed E-state index contributed by atoms with van der Waals surface area (Å²) in [5.41, 5.74) is 9.27. The molecule has 18 heavy (non-hydrogen) atoms. The maximum absolute atomic E-state index is 6.25. The molecule has 2 N–H and O–H groups in total. The van der Waals surface area contributed by atoms with Crippen LogP contribution in [0.4, 0.5) is 0 Å². The first kappa shape index (κ1) is 11.3. The van der Waals surface area contributed by atoms with Crippen LogP contribution >= 0.6 is 11.6 Å². The molecule has 0 saturated heterocycles. The van der Waals surface area contributed by atoms with Crippen LogP contribution < -0.4 is 5.73 Å². The summed E-state index contributed by atoms with van der Waals surface area (Å²) in [5.74, 6) is 0.576. The summed E-state index contributed by atoms with van der Waals surface area (Å²) in [6.45, 7) is 0. The zero-order valence-electron chi connectivity index (χ0n) is 9.81. The third-order valence-electron chi connectivity index (χ3n) is 3.27. The number of halogens is 1. The minimum absolute atomic E-state index is 0.0681. The second kappa shape index (κ2) is 4.46. The SMILES string of the molecule is NC1=NC(c2ccccc2)Cc2c(Cl)cccc21. The maximum Gasteiger partial charge on any atom is 0.126 e. The smallest absolute Gasteiger partial charge is 0.126 e. The van der Waals surface area contributed by atoms with Crippen molar-refractivity contribution in [1.29, 1.82) is 0 Å². The quantitative estimate of drug-likeness (QED) is 0.835. The van der Waals surface area contributed by atoms with Gasteiger partial charge in [-0.25, -0.2) is 0 Å². The van der Waals surface area contributed by atoms with E-state index in [4.69, 9.17) is 17.3 Å². The molecular weight excluding hydrogens is 244 g/mol. The lowest BCUT2D eigenvalue weighted by atomic mass is 9.92. The Morgan fingerprint density at radius 2 is 1.83 bits per heavy atom. The van der Waals surface area contributed by atoms with Gasteiger partial charge in [-0.2, -0.15) is 0 Å². The normalized spacial score (nSPS) is 18.1. The monoisotopic (exact) mass is 256 g/mol. The van der Waals surface area contributed by atoms with Crippen molar-refractivity contribution in [2.45, 2.75) is 12.5 Å². The molecule has 90 valence electrons. The molecule has 0 aliphatic carbocycles.